The lowest BCUT2D eigenvalue weighted by Crippen LogP contribution is -2.34. The van der Waals surface area contributed by atoms with Crippen LogP contribution >= 0.6 is 0 Å². The number of piperidine rings is 1. The Morgan fingerprint density at radius 2 is 2.00 bits per heavy atom. The first kappa shape index (κ1) is 12.6. The van der Waals surface area contributed by atoms with Gasteiger partial charge in [0.05, 0.1) is 5.56 Å². The Morgan fingerprint density at radius 3 is 2.68 bits per heavy atom. The molecular formula is C14H15F3NO+. The largest absolute Gasteiger partial charge is 0.416 e. The number of halogens is 3. The molecular weight excluding hydrogens is 255 g/mol. The molecule has 0 amide bonds. The number of nitroso groups, excluding NO2 is 1. The third-order valence-electron chi connectivity index (χ3n) is 4.38. The molecule has 1 heterocycles. The van der Waals surface area contributed by atoms with Gasteiger partial charge in [0.25, 0.3) is 0 Å². The van der Waals surface area contributed by atoms with Gasteiger partial charge in [-0.1, -0.05) is 6.07 Å². The van der Waals surface area contributed by atoms with E-state index in [1.54, 1.807) is 0 Å². The second kappa shape index (κ2) is 4.05. The Labute approximate surface area is 109 Å². The van der Waals surface area contributed by atoms with Crippen molar-refractivity contribution in [2.75, 3.05) is 0 Å². The summed E-state index contributed by atoms with van der Waals surface area (Å²) in [4.78, 5) is 12.1. The van der Waals surface area contributed by atoms with Gasteiger partial charge in [-0.05, 0) is 30.5 Å². The van der Waals surface area contributed by atoms with Crippen LogP contribution in [-0.4, -0.2) is 10.8 Å². The van der Waals surface area contributed by atoms with Crippen molar-refractivity contribution in [2.45, 2.75) is 44.4 Å². The van der Waals surface area contributed by atoms with Crippen LogP contribution in [0, 0.1) is 10.8 Å². The summed E-state index contributed by atoms with van der Waals surface area (Å²) in [6.07, 6.45) is -1.98. The fourth-order valence-corrected chi connectivity index (χ4v) is 3.36. The fourth-order valence-electron chi connectivity index (χ4n) is 3.36. The molecule has 3 atom stereocenters. The van der Waals surface area contributed by atoms with Gasteiger partial charge in [0.15, 0.2) is 6.04 Å². The molecule has 0 spiro atoms. The third kappa shape index (κ3) is 1.95. The molecule has 0 aromatic heterocycles. The number of fused-ring (bicyclic) bond motifs is 3. The summed E-state index contributed by atoms with van der Waals surface area (Å²) in [6.45, 7) is 1.88. The maximum atomic E-state index is 12.7. The molecule has 0 saturated carbocycles. The molecule has 102 valence electrons. The van der Waals surface area contributed by atoms with E-state index in [9.17, 15) is 18.1 Å². The quantitative estimate of drug-likeness (QED) is 0.655. The van der Waals surface area contributed by atoms with Crippen molar-refractivity contribution >= 4 is 0 Å². The molecule has 1 aromatic rings. The lowest BCUT2D eigenvalue weighted by Gasteiger charge is -2.22. The topological polar surface area (TPSA) is 20.1 Å². The summed E-state index contributed by atoms with van der Waals surface area (Å²) < 4.78 is 39.2. The minimum Gasteiger partial charge on any atom is -0.166 e. The Hall–Kier alpha value is -1.39. The second-order valence-electron chi connectivity index (χ2n) is 5.61. The molecule has 1 saturated heterocycles. The summed E-state index contributed by atoms with van der Waals surface area (Å²) >= 11 is 0. The smallest absolute Gasteiger partial charge is 0.166 e. The molecule has 0 N–H and O–H groups in total. The molecule has 3 rings (SSSR count). The monoisotopic (exact) mass is 270 g/mol. The lowest BCUT2D eigenvalue weighted by atomic mass is 9.88. The van der Waals surface area contributed by atoms with Crippen LogP contribution in [0.15, 0.2) is 18.2 Å². The zero-order valence-electron chi connectivity index (χ0n) is 10.6. The highest BCUT2D eigenvalue weighted by Gasteiger charge is 2.49. The average molecular weight is 270 g/mol. The van der Waals surface area contributed by atoms with Gasteiger partial charge in [-0.25, -0.2) is 0 Å². The van der Waals surface area contributed by atoms with Gasteiger partial charge in [0.2, 0.25) is 6.04 Å². The highest BCUT2D eigenvalue weighted by Crippen LogP contribution is 2.46. The molecule has 1 fully saturated rings. The minimum atomic E-state index is -4.31. The molecule has 1 aromatic carbocycles. The Balaban J connectivity index is 2.01. The fraction of sp³-hybridized carbons (Fsp3) is 0.571. The first-order valence-electron chi connectivity index (χ1n) is 6.53. The van der Waals surface area contributed by atoms with E-state index >= 15 is 0 Å². The van der Waals surface area contributed by atoms with E-state index in [1.807, 2.05) is 6.92 Å². The zero-order valence-corrected chi connectivity index (χ0v) is 10.6. The Morgan fingerprint density at radius 1 is 1.26 bits per heavy atom. The van der Waals surface area contributed by atoms with Gasteiger partial charge in [-0.15, -0.1) is 0 Å². The van der Waals surface area contributed by atoms with Gasteiger partial charge in [0.1, 0.15) is 0 Å². The minimum absolute atomic E-state index is 0.0468. The molecule has 2 aliphatic rings. The maximum Gasteiger partial charge on any atom is 0.416 e. The number of hydrogen-bond acceptors (Lipinski definition) is 1. The van der Waals surface area contributed by atoms with E-state index in [0.717, 1.165) is 29.2 Å². The maximum absolute atomic E-state index is 12.7. The van der Waals surface area contributed by atoms with Crippen molar-refractivity contribution in [3.8, 4) is 0 Å². The molecule has 0 unspecified atom stereocenters. The average Bonchev–Trinajstić information content (AvgIpc) is 2.70. The van der Waals surface area contributed by atoms with Crippen molar-refractivity contribution in [3.63, 3.8) is 0 Å². The Bertz CT molecular complexity index is 538. The summed E-state index contributed by atoms with van der Waals surface area (Å²) in [7, 11) is 0. The van der Waals surface area contributed by atoms with Crippen molar-refractivity contribution in [1.29, 1.82) is 0 Å². The van der Waals surface area contributed by atoms with Crippen LogP contribution in [0.4, 0.5) is 13.2 Å². The van der Waals surface area contributed by atoms with Gasteiger partial charge in [-0.3, -0.25) is 0 Å². The number of nitrogens with zero attached hydrogens (tertiary/aromatic N) is 1. The van der Waals surface area contributed by atoms with Crippen molar-refractivity contribution in [3.05, 3.63) is 39.8 Å². The van der Waals surface area contributed by atoms with Gasteiger partial charge in [0, 0.05) is 34.5 Å². The number of hydrogen-bond donors (Lipinski definition) is 0. The molecule has 2 nitrogen and oxygen atoms in total. The summed E-state index contributed by atoms with van der Waals surface area (Å²) in [5.74, 6) is 0.173. The highest BCUT2D eigenvalue weighted by atomic mass is 19.4. The van der Waals surface area contributed by atoms with E-state index in [4.69, 9.17) is 0 Å². The summed E-state index contributed by atoms with van der Waals surface area (Å²) in [5.41, 5.74) is 0.870. The van der Waals surface area contributed by atoms with Crippen molar-refractivity contribution < 1.29 is 17.9 Å². The zero-order chi connectivity index (χ0) is 13.8. The van der Waals surface area contributed by atoms with E-state index in [1.165, 1.54) is 12.1 Å². The van der Waals surface area contributed by atoms with E-state index in [0.29, 0.717) is 12.0 Å². The standard InChI is InChI=1S/C14H15F3NO/c1-8-2-3-9-6-10-7-11(14(15,16)17)4-5-12(10)13(9)18(8)19/h4-5,7-9,13H,2-3,6H2,1H3/q+1/t8-,9-,13-/m1/s1. The molecule has 0 bridgehead atoms. The number of alkyl halides is 3. The van der Waals surface area contributed by atoms with E-state index in [2.05, 4.69) is 0 Å². The highest BCUT2D eigenvalue weighted by molar-refractivity contribution is 5.39. The predicted molar refractivity (Wildman–Crippen MR) is 63.7 cm³/mol. The molecule has 1 aliphatic heterocycles. The van der Waals surface area contributed by atoms with Crippen LogP contribution in [0.5, 0.6) is 0 Å². The van der Waals surface area contributed by atoms with Crippen molar-refractivity contribution in [2.24, 2.45) is 5.92 Å². The van der Waals surface area contributed by atoms with Gasteiger partial charge >= 0.3 is 6.18 Å². The SMILES string of the molecule is C[C@@H]1CC[C@@H]2Cc3cc(C(F)(F)F)ccc3[C@@H]2[N+]1=O. The van der Waals surface area contributed by atoms with Crippen LogP contribution < -0.4 is 0 Å². The molecule has 5 heteroatoms. The van der Waals surface area contributed by atoms with E-state index in [-0.39, 0.29) is 18.0 Å². The second-order valence-corrected chi connectivity index (χ2v) is 5.61. The Kier molecular flexibility index (Phi) is 2.69. The van der Waals surface area contributed by atoms with Crippen LogP contribution in [0.3, 0.4) is 0 Å². The first-order valence-corrected chi connectivity index (χ1v) is 6.53. The van der Waals surface area contributed by atoms with Crippen LogP contribution in [0.1, 0.15) is 42.5 Å². The summed E-state index contributed by atoms with van der Waals surface area (Å²) in [6, 6.07) is 3.50. The van der Waals surface area contributed by atoms with Crippen LogP contribution in [0.25, 0.3) is 0 Å². The molecule has 19 heavy (non-hydrogen) atoms. The molecule has 0 radical (unpaired) electrons. The van der Waals surface area contributed by atoms with Crippen molar-refractivity contribution in [1.82, 2.24) is 0 Å². The van der Waals surface area contributed by atoms with Crippen LogP contribution in [-0.2, 0) is 12.6 Å². The first-order chi connectivity index (χ1) is 8.88. The summed E-state index contributed by atoms with van der Waals surface area (Å²) in [5, 5.41) is 0. The lowest BCUT2D eigenvalue weighted by molar-refractivity contribution is -0.640. The van der Waals surface area contributed by atoms with E-state index < -0.39 is 11.7 Å². The normalized spacial score (nSPS) is 30.1. The van der Waals surface area contributed by atoms with Crippen LogP contribution in [0.2, 0.25) is 0 Å². The predicted octanol–water partition coefficient (Wildman–Crippen LogP) is 3.88. The van der Waals surface area contributed by atoms with Gasteiger partial charge < -0.3 is 0 Å². The third-order valence-corrected chi connectivity index (χ3v) is 4.38. The van der Waals surface area contributed by atoms with Gasteiger partial charge in [-0.2, -0.15) is 13.2 Å². The number of rotatable bonds is 0. The molecule has 1 aliphatic carbocycles. The number of benzene rings is 1.